The fraction of sp³-hybridized carbons (Fsp3) is 1.00. The van der Waals surface area contributed by atoms with Crippen molar-refractivity contribution in [2.24, 2.45) is 3.46 Å². The molecule has 0 radical (unpaired) electrons. The van der Waals surface area contributed by atoms with Gasteiger partial charge in [0, 0.05) is 0 Å². The minimum absolute atomic E-state index is 0.153. The van der Waals surface area contributed by atoms with Crippen LogP contribution in [0.4, 0.5) is 0 Å². The molecule has 17 heavy (non-hydrogen) atoms. The Morgan fingerprint density at radius 1 is 0.706 bits per heavy atom. The van der Waals surface area contributed by atoms with Gasteiger partial charge in [0.1, 0.15) is 0 Å². The van der Waals surface area contributed by atoms with Crippen LogP contribution in [0, 0.1) is 0 Å². The summed E-state index contributed by atoms with van der Waals surface area (Å²) in [5.74, 6) is 0. The van der Waals surface area contributed by atoms with Crippen LogP contribution in [0.3, 0.4) is 0 Å². The second kappa shape index (κ2) is 5.28. The Morgan fingerprint density at radius 2 is 0.941 bits per heavy atom. The third-order valence-electron chi connectivity index (χ3n) is 3.48. The van der Waals surface area contributed by atoms with Gasteiger partial charge < -0.3 is 0 Å². The molecule has 0 saturated carbocycles. The summed E-state index contributed by atoms with van der Waals surface area (Å²) in [4.78, 5) is 0. The Morgan fingerprint density at radius 3 is 1.00 bits per heavy atom. The Labute approximate surface area is 121 Å². The SMILES string of the molecule is CC(C)(C)[Si]([N]=[V]([Cl])[Cl])(C(C)(C)C)C(C)(C)C. The Balaban J connectivity index is 6.24. The molecule has 0 bridgehead atoms. The first-order valence-corrected chi connectivity index (χ1v) is 12.4. The molecule has 0 aromatic heterocycles. The number of halogens is 2. The summed E-state index contributed by atoms with van der Waals surface area (Å²) in [6, 6.07) is 0. The van der Waals surface area contributed by atoms with E-state index in [0.717, 1.165) is 0 Å². The molecule has 0 aliphatic rings. The maximum absolute atomic E-state index is 6.16. The monoisotopic (exact) mass is 334 g/mol. The topological polar surface area (TPSA) is 12.4 Å². The van der Waals surface area contributed by atoms with E-state index in [1.165, 1.54) is 0 Å². The maximum atomic E-state index is 6.16. The average Bonchev–Trinajstić information content (AvgIpc) is 1.91. The van der Waals surface area contributed by atoms with Crippen molar-refractivity contribution in [3.63, 3.8) is 0 Å². The van der Waals surface area contributed by atoms with Gasteiger partial charge in [-0.25, -0.2) is 0 Å². The van der Waals surface area contributed by atoms with E-state index in [-0.39, 0.29) is 15.1 Å². The van der Waals surface area contributed by atoms with Crippen LogP contribution in [0.1, 0.15) is 62.3 Å². The van der Waals surface area contributed by atoms with Gasteiger partial charge in [0.2, 0.25) is 0 Å². The summed E-state index contributed by atoms with van der Waals surface area (Å²) in [5.41, 5.74) is 0. The van der Waals surface area contributed by atoms with Gasteiger partial charge in [-0.05, 0) is 0 Å². The molecule has 0 saturated heterocycles. The molecule has 0 rings (SSSR count). The van der Waals surface area contributed by atoms with Crippen LogP contribution < -0.4 is 0 Å². The van der Waals surface area contributed by atoms with E-state index < -0.39 is 21.3 Å². The van der Waals surface area contributed by atoms with E-state index in [1.54, 1.807) is 0 Å². The van der Waals surface area contributed by atoms with Crippen LogP contribution in [0.2, 0.25) is 15.1 Å². The zero-order chi connectivity index (χ0) is 14.3. The normalized spacial score (nSPS) is 14.8. The van der Waals surface area contributed by atoms with Crippen molar-refractivity contribution >= 4 is 27.9 Å². The third kappa shape index (κ3) is 3.60. The third-order valence-corrected chi connectivity index (χ3v) is 14.4. The molecule has 0 atom stereocenters. The van der Waals surface area contributed by atoms with Gasteiger partial charge in [-0.1, -0.05) is 0 Å². The summed E-state index contributed by atoms with van der Waals surface area (Å²) < 4.78 is 5.04. The molecule has 0 aliphatic carbocycles. The van der Waals surface area contributed by atoms with Gasteiger partial charge in [-0.2, -0.15) is 0 Å². The number of rotatable bonds is 1. The molecule has 103 valence electrons. The first kappa shape index (κ1) is 18.2. The van der Waals surface area contributed by atoms with Crippen molar-refractivity contribution in [1.82, 2.24) is 0 Å². The van der Waals surface area contributed by atoms with Gasteiger partial charge in [-0.15, -0.1) is 0 Å². The summed E-state index contributed by atoms with van der Waals surface area (Å²) in [6.07, 6.45) is 0. The zero-order valence-electron chi connectivity index (χ0n) is 12.7. The molecule has 0 aromatic carbocycles. The second-order valence-electron chi connectivity index (χ2n) is 7.78. The van der Waals surface area contributed by atoms with E-state index >= 15 is 0 Å². The standard InChI is InChI=1S/C12H27NSi.2ClH.V/c1-10(2,3)14(13,11(4,5)6)12(7,8)9;;;/h1-9H3;2*1H;/q;;;+2/p-2. The fourth-order valence-electron chi connectivity index (χ4n) is 3.94. The molecule has 0 N–H and O–H groups in total. The molecule has 0 unspecified atom stereocenters. The minimum atomic E-state index is -2.04. The summed E-state index contributed by atoms with van der Waals surface area (Å²) in [6.45, 7) is 20.7. The van der Waals surface area contributed by atoms with Gasteiger partial charge >= 0.3 is 122 Å². The van der Waals surface area contributed by atoms with Gasteiger partial charge in [-0.3, -0.25) is 0 Å². The summed E-state index contributed by atoms with van der Waals surface area (Å²) in [5, 5.41) is 0.459. The number of nitrogens with zero attached hydrogens (tertiary/aromatic N) is 1. The molecular weight excluding hydrogens is 308 g/mol. The van der Waals surface area contributed by atoms with Gasteiger partial charge in [0.25, 0.3) is 0 Å². The Hall–Kier alpha value is 1.18. The zero-order valence-corrected chi connectivity index (χ0v) is 16.6. The van der Waals surface area contributed by atoms with Crippen molar-refractivity contribution < 1.29 is 13.1 Å². The first-order valence-electron chi connectivity index (χ1n) is 6.01. The molecule has 0 fully saturated rings. The van der Waals surface area contributed by atoms with Crippen LogP contribution >= 0.6 is 19.7 Å². The van der Waals surface area contributed by atoms with Crippen LogP contribution in [0.15, 0.2) is 3.46 Å². The van der Waals surface area contributed by atoms with E-state index in [0.29, 0.717) is 0 Å². The quantitative estimate of drug-likeness (QED) is 0.489. The van der Waals surface area contributed by atoms with Crippen LogP contribution in [-0.4, -0.2) is 8.24 Å². The van der Waals surface area contributed by atoms with Gasteiger partial charge in [0.05, 0.1) is 0 Å². The van der Waals surface area contributed by atoms with Gasteiger partial charge in [0.15, 0.2) is 0 Å². The van der Waals surface area contributed by atoms with Crippen molar-refractivity contribution in [2.75, 3.05) is 0 Å². The molecule has 1 nitrogen and oxygen atoms in total. The van der Waals surface area contributed by atoms with E-state index in [1.807, 2.05) is 0 Å². The summed E-state index contributed by atoms with van der Waals surface area (Å²) >= 11 is -2.03. The molecular formula is C12H27Cl2NSiV. The Kier molecular flexibility index (Phi) is 5.65. The molecule has 0 aromatic rings. The molecule has 0 aliphatic heterocycles. The predicted molar refractivity (Wildman–Crippen MR) is 79.0 cm³/mol. The van der Waals surface area contributed by atoms with E-state index in [2.05, 4.69) is 62.3 Å². The van der Waals surface area contributed by atoms with Crippen molar-refractivity contribution in [3.8, 4) is 0 Å². The van der Waals surface area contributed by atoms with Crippen molar-refractivity contribution in [3.05, 3.63) is 0 Å². The Bertz CT molecular complexity index is 268. The first-order chi connectivity index (χ1) is 7.17. The predicted octanol–water partition coefficient (Wildman–Crippen LogP) is 6.44. The van der Waals surface area contributed by atoms with Crippen molar-refractivity contribution in [1.29, 1.82) is 0 Å². The van der Waals surface area contributed by atoms with Crippen LogP contribution in [0.25, 0.3) is 0 Å². The molecule has 0 amide bonds. The molecule has 5 heteroatoms. The fourth-order valence-corrected chi connectivity index (χ4v) is 19.9. The molecule has 0 heterocycles. The van der Waals surface area contributed by atoms with Crippen molar-refractivity contribution in [2.45, 2.75) is 77.4 Å². The van der Waals surface area contributed by atoms with Crippen LogP contribution in [-0.2, 0) is 13.1 Å². The van der Waals surface area contributed by atoms with E-state index in [4.69, 9.17) is 23.2 Å². The average molecular weight is 335 g/mol. The number of hydrogen-bond donors (Lipinski definition) is 0. The molecule has 0 spiro atoms. The summed E-state index contributed by atoms with van der Waals surface area (Å²) in [7, 11) is 10.3. The van der Waals surface area contributed by atoms with Crippen LogP contribution in [0.5, 0.6) is 0 Å². The second-order valence-corrected chi connectivity index (χ2v) is 18.9. The van der Waals surface area contributed by atoms with E-state index in [9.17, 15) is 0 Å². The number of hydrogen-bond acceptors (Lipinski definition) is 1.